The van der Waals surface area contributed by atoms with Crippen LogP contribution in [0.2, 0.25) is 0 Å². The molecule has 0 radical (unpaired) electrons. The summed E-state index contributed by atoms with van der Waals surface area (Å²) in [6.07, 6.45) is 17.0. The van der Waals surface area contributed by atoms with Gasteiger partial charge in [-0.2, -0.15) is 0 Å². The molecule has 0 unspecified atom stereocenters. The molecule has 0 bridgehead atoms. The minimum absolute atomic E-state index is 0.152. The summed E-state index contributed by atoms with van der Waals surface area (Å²) in [5.41, 5.74) is 10.6. The molecule has 0 amide bonds. The second-order valence-corrected chi connectivity index (χ2v) is 9.31. The van der Waals surface area contributed by atoms with Crippen LogP contribution in [0.1, 0.15) is 56.7 Å². The molecule has 0 aromatic heterocycles. The minimum atomic E-state index is 0.152. The van der Waals surface area contributed by atoms with Gasteiger partial charge in [0, 0.05) is 6.20 Å². The van der Waals surface area contributed by atoms with E-state index in [0.717, 1.165) is 12.2 Å². The maximum Gasteiger partial charge on any atom is 0.114 e. The highest BCUT2D eigenvalue weighted by Crippen LogP contribution is 2.49. The molecule has 0 N–H and O–H groups in total. The third kappa shape index (κ3) is 3.19. The van der Waals surface area contributed by atoms with Gasteiger partial charge in [-0.3, -0.25) is 4.90 Å². The van der Waals surface area contributed by atoms with E-state index >= 15 is 0 Å². The Kier molecular flexibility index (Phi) is 5.13. The van der Waals surface area contributed by atoms with Crippen LogP contribution < -0.4 is 4.90 Å². The Morgan fingerprint density at radius 3 is 2.43 bits per heavy atom. The van der Waals surface area contributed by atoms with E-state index in [-0.39, 0.29) is 5.41 Å². The second-order valence-electron chi connectivity index (χ2n) is 9.31. The molecule has 0 fully saturated rings. The van der Waals surface area contributed by atoms with Crippen molar-refractivity contribution >= 4 is 5.69 Å². The van der Waals surface area contributed by atoms with Crippen molar-refractivity contribution in [3.05, 3.63) is 100 Å². The fourth-order valence-electron chi connectivity index (χ4n) is 5.62. The second kappa shape index (κ2) is 7.50. The van der Waals surface area contributed by atoms with E-state index in [1.165, 1.54) is 57.8 Å². The summed E-state index contributed by atoms with van der Waals surface area (Å²) in [6, 6.07) is 4.52. The molecule has 0 spiro atoms. The number of anilines is 1. The van der Waals surface area contributed by atoms with Crippen LogP contribution in [0.4, 0.5) is 5.69 Å². The Bertz CT molecular complexity index is 1040. The van der Waals surface area contributed by atoms with Crippen LogP contribution in [0.25, 0.3) is 0 Å². The van der Waals surface area contributed by atoms with Crippen molar-refractivity contribution in [2.45, 2.75) is 60.8 Å². The lowest BCUT2D eigenvalue weighted by atomic mass is 9.69. The maximum absolute atomic E-state index is 4.55. The molecule has 0 saturated heterocycles. The Labute approximate surface area is 182 Å². The number of allylic oxidation sites excluding steroid dienone is 7. The quantitative estimate of drug-likeness (QED) is 0.515. The summed E-state index contributed by atoms with van der Waals surface area (Å²) >= 11 is 0. The van der Waals surface area contributed by atoms with Gasteiger partial charge in [0.1, 0.15) is 5.82 Å². The van der Waals surface area contributed by atoms with E-state index < -0.39 is 0 Å². The van der Waals surface area contributed by atoms with Crippen LogP contribution in [-0.2, 0) is 0 Å². The summed E-state index contributed by atoms with van der Waals surface area (Å²) < 4.78 is 0. The summed E-state index contributed by atoms with van der Waals surface area (Å²) in [6.45, 7) is 18.1. The highest BCUT2D eigenvalue weighted by Gasteiger charge is 2.39. The first-order valence-electron chi connectivity index (χ1n) is 11.1. The smallest absolute Gasteiger partial charge is 0.114 e. The molecule has 2 nitrogen and oxygen atoms in total. The molecule has 3 aliphatic rings. The zero-order valence-corrected chi connectivity index (χ0v) is 19.3. The van der Waals surface area contributed by atoms with Gasteiger partial charge in [-0.05, 0) is 80.4 Å². The standard InChI is InChI=1S/C28H34N2/c1-8-14-28(7)15-10-11-20(3)26(28)25-13-9-12-24-18-29(23(6)30(24)25)27-21(4)16-19(2)17-22(27)5/h9-13,16-18H,6,8,14-15H2,1-5,7H3/t28-/m0/s1. The molecule has 1 aliphatic carbocycles. The predicted molar refractivity (Wildman–Crippen MR) is 129 cm³/mol. The molecule has 0 saturated carbocycles. The largest absolute Gasteiger partial charge is 0.301 e. The third-order valence-corrected chi connectivity index (χ3v) is 6.69. The normalized spacial score (nSPS) is 23.2. The zero-order chi connectivity index (χ0) is 21.6. The summed E-state index contributed by atoms with van der Waals surface area (Å²) in [7, 11) is 0. The number of aryl methyl sites for hydroxylation is 3. The number of rotatable bonds is 4. The predicted octanol–water partition coefficient (Wildman–Crippen LogP) is 7.58. The van der Waals surface area contributed by atoms with Crippen molar-refractivity contribution in [3.63, 3.8) is 0 Å². The number of fused-ring (bicyclic) bond motifs is 1. The first kappa shape index (κ1) is 20.5. The Balaban J connectivity index is 1.79. The fraction of sp³-hybridized carbons (Fsp3) is 0.357. The molecule has 2 heteroatoms. The van der Waals surface area contributed by atoms with Gasteiger partial charge in [0.25, 0.3) is 0 Å². The van der Waals surface area contributed by atoms with Gasteiger partial charge in [-0.1, -0.05) is 62.8 Å². The summed E-state index contributed by atoms with van der Waals surface area (Å²) in [4.78, 5) is 4.62. The first-order valence-corrected chi connectivity index (χ1v) is 11.1. The summed E-state index contributed by atoms with van der Waals surface area (Å²) in [5.74, 6) is 1.00. The van der Waals surface area contributed by atoms with Gasteiger partial charge < -0.3 is 4.90 Å². The monoisotopic (exact) mass is 398 g/mol. The van der Waals surface area contributed by atoms with Crippen LogP contribution in [0.15, 0.2) is 83.7 Å². The van der Waals surface area contributed by atoms with Crippen LogP contribution in [-0.4, -0.2) is 4.90 Å². The molecular weight excluding hydrogens is 364 g/mol. The van der Waals surface area contributed by atoms with Gasteiger partial charge in [-0.15, -0.1) is 0 Å². The van der Waals surface area contributed by atoms with Crippen molar-refractivity contribution in [2.24, 2.45) is 5.41 Å². The minimum Gasteiger partial charge on any atom is -0.301 e. The van der Waals surface area contributed by atoms with Crippen molar-refractivity contribution in [1.29, 1.82) is 0 Å². The number of nitrogens with zero attached hydrogens (tertiary/aromatic N) is 2. The molecule has 1 aromatic carbocycles. The zero-order valence-electron chi connectivity index (χ0n) is 19.3. The molecule has 30 heavy (non-hydrogen) atoms. The van der Waals surface area contributed by atoms with Crippen molar-refractivity contribution in [3.8, 4) is 0 Å². The summed E-state index contributed by atoms with van der Waals surface area (Å²) in [5, 5.41) is 0. The molecule has 1 atom stereocenters. The lowest BCUT2D eigenvalue weighted by Crippen LogP contribution is -2.32. The Morgan fingerprint density at radius 1 is 1.07 bits per heavy atom. The van der Waals surface area contributed by atoms with Crippen LogP contribution in [0.3, 0.4) is 0 Å². The lowest BCUT2D eigenvalue weighted by molar-refractivity contribution is 0.347. The average Bonchev–Trinajstić information content (AvgIpc) is 2.98. The van der Waals surface area contributed by atoms with Crippen LogP contribution in [0, 0.1) is 26.2 Å². The Hall–Kier alpha value is -2.74. The van der Waals surface area contributed by atoms with Crippen molar-refractivity contribution < 1.29 is 0 Å². The average molecular weight is 399 g/mol. The van der Waals surface area contributed by atoms with Gasteiger partial charge in [-0.25, -0.2) is 0 Å². The lowest BCUT2D eigenvalue weighted by Gasteiger charge is -2.41. The fourth-order valence-corrected chi connectivity index (χ4v) is 5.62. The van der Waals surface area contributed by atoms with Gasteiger partial charge in [0.05, 0.1) is 17.1 Å². The molecule has 156 valence electrons. The number of benzene rings is 1. The highest BCUT2D eigenvalue weighted by molar-refractivity contribution is 5.69. The van der Waals surface area contributed by atoms with E-state index in [4.69, 9.17) is 0 Å². The van der Waals surface area contributed by atoms with Crippen molar-refractivity contribution in [2.75, 3.05) is 4.90 Å². The molecule has 1 aromatic rings. The highest BCUT2D eigenvalue weighted by atomic mass is 15.4. The molecule has 2 aliphatic heterocycles. The molecule has 2 heterocycles. The molecular formula is C28H34N2. The van der Waals surface area contributed by atoms with E-state index in [0.29, 0.717) is 0 Å². The number of hydrogen-bond donors (Lipinski definition) is 0. The maximum atomic E-state index is 4.55. The third-order valence-electron chi connectivity index (χ3n) is 6.69. The van der Waals surface area contributed by atoms with E-state index in [1.807, 2.05) is 0 Å². The van der Waals surface area contributed by atoms with Crippen LogP contribution >= 0.6 is 0 Å². The topological polar surface area (TPSA) is 6.48 Å². The SMILES string of the molecule is C=C1N2C(=CN1c1c(C)cc(C)cc1C)C=CC=C2C1=C(C)C=CC[C@]1(C)CCC. The first-order chi connectivity index (χ1) is 14.3. The van der Waals surface area contributed by atoms with E-state index in [2.05, 4.69) is 107 Å². The van der Waals surface area contributed by atoms with Crippen LogP contribution in [0.5, 0.6) is 0 Å². The Morgan fingerprint density at radius 2 is 1.77 bits per heavy atom. The van der Waals surface area contributed by atoms with Gasteiger partial charge >= 0.3 is 0 Å². The van der Waals surface area contributed by atoms with Gasteiger partial charge in [0.15, 0.2) is 0 Å². The van der Waals surface area contributed by atoms with Crippen molar-refractivity contribution in [1.82, 2.24) is 4.90 Å². The van der Waals surface area contributed by atoms with E-state index in [1.54, 1.807) is 0 Å². The number of hydrogen-bond acceptors (Lipinski definition) is 2. The molecule has 4 rings (SSSR count). The van der Waals surface area contributed by atoms with E-state index in [9.17, 15) is 0 Å². The van der Waals surface area contributed by atoms with Gasteiger partial charge in [0.2, 0.25) is 0 Å².